The molecule has 5 nitrogen and oxygen atoms in total. The van der Waals surface area contributed by atoms with Gasteiger partial charge in [0.1, 0.15) is 11.0 Å². The molecule has 132 valence electrons. The zero-order valence-electron chi connectivity index (χ0n) is 14.6. The second-order valence-corrected chi connectivity index (χ2v) is 7.26. The number of carboxylic acids is 1. The van der Waals surface area contributed by atoms with Crippen LogP contribution in [-0.4, -0.2) is 64.6 Å². The number of hydrogen-bond acceptors (Lipinski definition) is 4. The Morgan fingerprint density at radius 2 is 2.00 bits per heavy atom. The summed E-state index contributed by atoms with van der Waals surface area (Å²) in [4.78, 5) is 16.3. The molecule has 2 rings (SSSR count). The number of carboxylic acid groups (broad SMARTS) is 1. The smallest absolute Gasteiger partial charge is 0.327 e. The molecular formula is C18H27N3O2S. The minimum Gasteiger partial charge on any atom is -0.480 e. The van der Waals surface area contributed by atoms with Crippen LogP contribution in [0.2, 0.25) is 0 Å². The van der Waals surface area contributed by atoms with Crippen molar-refractivity contribution in [2.75, 3.05) is 32.0 Å². The molecule has 0 amide bonds. The highest BCUT2D eigenvalue weighted by atomic mass is 32.1. The van der Waals surface area contributed by atoms with Crippen LogP contribution in [0.15, 0.2) is 30.3 Å². The number of aliphatic carboxylic acids is 1. The van der Waals surface area contributed by atoms with Crippen LogP contribution >= 0.6 is 12.2 Å². The Balaban J connectivity index is 2.17. The predicted octanol–water partition coefficient (Wildman–Crippen LogP) is 2.54. The van der Waals surface area contributed by atoms with Gasteiger partial charge in [-0.05, 0) is 31.5 Å². The van der Waals surface area contributed by atoms with Crippen LogP contribution in [0.25, 0.3) is 0 Å². The fraction of sp³-hybridized carbons (Fsp3) is 0.556. The molecule has 1 aliphatic rings. The second kappa shape index (κ2) is 8.44. The number of piperazine rings is 1. The van der Waals surface area contributed by atoms with Gasteiger partial charge < -0.3 is 20.2 Å². The molecule has 2 atom stereocenters. The maximum absolute atomic E-state index is 11.7. The molecule has 1 aromatic carbocycles. The fourth-order valence-corrected chi connectivity index (χ4v) is 3.40. The number of thiocarbonyl (C=S) groups is 1. The first kappa shape index (κ1) is 18.7. The zero-order valence-corrected chi connectivity index (χ0v) is 15.4. The van der Waals surface area contributed by atoms with Gasteiger partial charge in [0.2, 0.25) is 0 Å². The summed E-state index contributed by atoms with van der Waals surface area (Å²) in [6, 6.07) is 9.32. The van der Waals surface area contributed by atoms with Crippen molar-refractivity contribution < 1.29 is 9.90 Å². The van der Waals surface area contributed by atoms with Crippen molar-refractivity contribution in [2.24, 2.45) is 5.92 Å². The van der Waals surface area contributed by atoms with E-state index in [1.807, 2.05) is 47.2 Å². The first-order valence-electron chi connectivity index (χ1n) is 8.42. The standard InChI is InChI=1S/C18H27N3O2S/c1-13(2)11-15(19-14-7-5-4-6-8-14)17(24)21-10-9-20(3)12-16(21)18(22)23/h4-8,13,15-16,19H,9-12H2,1-3H3,(H,22,23). The highest BCUT2D eigenvalue weighted by Crippen LogP contribution is 2.19. The number of carbonyl (C=O) groups is 1. The van der Waals surface area contributed by atoms with Crippen LogP contribution in [0, 0.1) is 5.92 Å². The molecular weight excluding hydrogens is 322 g/mol. The van der Waals surface area contributed by atoms with E-state index < -0.39 is 12.0 Å². The first-order chi connectivity index (χ1) is 11.4. The van der Waals surface area contributed by atoms with Crippen LogP contribution in [0.3, 0.4) is 0 Å². The highest BCUT2D eigenvalue weighted by Gasteiger charge is 2.35. The monoisotopic (exact) mass is 349 g/mol. The number of nitrogens with one attached hydrogen (secondary N) is 1. The molecule has 0 bridgehead atoms. The van der Waals surface area contributed by atoms with Crippen molar-refractivity contribution in [2.45, 2.75) is 32.4 Å². The third-order valence-corrected chi connectivity index (χ3v) is 4.79. The van der Waals surface area contributed by atoms with Crippen molar-refractivity contribution in [3.8, 4) is 0 Å². The Morgan fingerprint density at radius 3 is 2.58 bits per heavy atom. The Labute approximate surface area is 149 Å². The molecule has 0 aromatic heterocycles. The predicted molar refractivity (Wildman–Crippen MR) is 102 cm³/mol. The normalized spacial score (nSPS) is 20.0. The van der Waals surface area contributed by atoms with Crippen LogP contribution in [0.4, 0.5) is 5.69 Å². The SMILES string of the molecule is CC(C)CC(Nc1ccccc1)C(=S)N1CCN(C)CC1C(=O)O. The Bertz CT molecular complexity index is 565. The van der Waals surface area contributed by atoms with E-state index in [0.29, 0.717) is 24.0 Å². The van der Waals surface area contributed by atoms with Crippen LogP contribution < -0.4 is 5.32 Å². The van der Waals surface area contributed by atoms with Gasteiger partial charge in [0, 0.05) is 25.3 Å². The minimum atomic E-state index is -0.813. The second-order valence-electron chi connectivity index (χ2n) is 6.84. The molecule has 0 aliphatic carbocycles. The van der Waals surface area contributed by atoms with Crippen molar-refractivity contribution >= 4 is 28.9 Å². The molecule has 1 fully saturated rings. The van der Waals surface area contributed by atoms with Gasteiger partial charge in [0.15, 0.2) is 0 Å². The van der Waals surface area contributed by atoms with Crippen molar-refractivity contribution in [3.63, 3.8) is 0 Å². The Morgan fingerprint density at radius 1 is 1.33 bits per heavy atom. The number of nitrogens with zero attached hydrogens (tertiary/aromatic N) is 2. The van der Waals surface area contributed by atoms with Gasteiger partial charge in [-0.3, -0.25) is 0 Å². The molecule has 6 heteroatoms. The van der Waals surface area contributed by atoms with Crippen LogP contribution in [0.5, 0.6) is 0 Å². The summed E-state index contributed by atoms with van der Waals surface area (Å²) in [6.45, 7) is 6.28. The molecule has 0 saturated carbocycles. The molecule has 0 radical (unpaired) electrons. The number of rotatable bonds is 6. The third-order valence-electron chi connectivity index (χ3n) is 4.27. The topological polar surface area (TPSA) is 55.8 Å². The van der Waals surface area contributed by atoms with Gasteiger partial charge in [-0.25, -0.2) is 4.79 Å². The van der Waals surface area contributed by atoms with E-state index in [9.17, 15) is 9.90 Å². The van der Waals surface area contributed by atoms with Gasteiger partial charge >= 0.3 is 5.97 Å². The lowest BCUT2D eigenvalue weighted by molar-refractivity contribution is -0.143. The van der Waals surface area contributed by atoms with Gasteiger partial charge in [0.25, 0.3) is 0 Å². The summed E-state index contributed by atoms with van der Waals surface area (Å²) in [6.07, 6.45) is 0.867. The summed E-state index contributed by atoms with van der Waals surface area (Å²) >= 11 is 5.73. The van der Waals surface area contributed by atoms with Crippen LogP contribution in [-0.2, 0) is 4.79 Å². The summed E-state index contributed by atoms with van der Waals surface area (Å²) < 4.78 is 0. The van der Waals surface area contributed by atoms with Crippen molar-refractivity contribution in [1.82, 2.24) is 9.80 Å². The van der Waals surface area contributed by atoms with Crippen molar-refractivity contribution in [3.05, 3.63) is 30.3 Å². The van der Waals surface area contributed by atoms with Crippen LogP contribution in [0.1, 0.15) is 20.3 Å². The van der Waals surface area contributed by atoms with Gasteiger partial charge in [0.05, 0.1) is 6.04 Å². The number of likely N-dealkylation sites (N-methyl/N-ethyl adjacent to an activating group) is 1. The summed E-state index contributed by atoms with van der Waals surface area (Å²) in [7, 11) is 1.95. The fourth-order valence-electron chi connectivity index (χ4n) is 3.02. The molecule has 24 heavy (non-hydrogen) atoms. The lowest BCUT2D eigenvalue weighted by Gasteiger charge is -2.41. The summed E-state index contributed by atoms with van der Waals surface area (Å²) in [5.74, 6) is -0.355. The minimum absolute atomic E-state index is 0.0485. The van der Waals surface area contributed by atoms with E-state index in [1.54, 1.807) is 0 Å². The number of hydrogen-bond donors (Lipinski definition) is 2. The van der Waals surface area contributed by atoms with E-state index in [4.69, 9.17) is 12.2 Å². The zero-order chi connectivity index (χ0) is 17.7. The van der Waals surface area contributed by atoms with Crippen molar-refractivity contribution in [1.29, 1.82) is 0 Å². The first-order valence-corrected chi connectivity index (χ1v) is 8.82. The molecule has 1 heterocycles. The van der Waals surface area contributed by atoms with Gasteiger partial charge in [-0.1, -0.05) is 44.3 Å². The molecule has 0 spiro atoms. The highest BCUT2D eigenvalue weighted by molar-refractivity contribution is 7.80. The van der Waals surface area contributed by atoms with E-state index in [2.05, 4.69) is 19.2 Å². The summed E-state index contributed by atoms with van der Waals surface area (Å²) in [5, 5.41) is 13.1. The van der Waals surface area contributed by atoms with E-state index >= 15 is 0 Å². The lowest BCUT2D eigenvalue weighted by atomic mass is 10.0. The van der Waals surface area contributed by atoms with E-state index in [0.717, 1.165) is 18.7 Å². The molecule has 1 saturated heterocycles. The average Bonchev–Trinajstić information content (AvgIpc) is 2.54. The Hall–Kier alpha value is -1.66. The quantitative estimate of drug-likeness (QED) is 0.770. The maximum Gasteiger partial charge on any atom is 0.327 e. The molecule has 2 unspecified atom stereocenters. The number of anilines is 1. The Kier molecular flexibility index (Phi) is 6.57. The lowest BCUT2D eigenvalue weighted by Crippen LogP contribution is -2.59. The molecule has 1 aromatic rings. The molecule has 2 N–H and O–H groups in total. The van der Waals surface area contributed by atoms with E-state index in [1.165, 1.54) is 0 Å². The maximum atomic E-state index is 11.7. The van der Waals surface area contributed by atoms with Gasteiger partial charge in [-0.2, -0.15) is 0 Å². The van der Waals surface area contributed by atoms with E-state index in [-0.39, 0.29) is 6.04 Å². The number of para-hydroxylation sites is 1. The number of benzene rings is 1. The largest absolute Gasteiger partial charge is 0.480 e. The average molecular weight is 350 g/mol. The summed E-state index contributed by atoms with van der Waals surface area (Å²) in [5.41, 5.74) is 1.01. The molecule has 1 aliphatic heterocycles. The third kappa shape index (κ3) is 4.92. The van der Waals surface area contributed by atoms with Gasteiger partial charge in [-0.15, -0.1) is 0 Å².